The molecule has 5 heteroatoms. The fraction of sp³-hybridized carbons (Fsp3) is 0. The fourth-order valence-corrected chi connectivity index (χ4v) is 1.65. The van der Waals surface area contributed by atoms with Crippen LogP contribution in [0.15, 0.2) is 54.6 Å². The van der Waals surface area contributed by atoms with Crippen molar-refractivity contribution >= 4 is 23.6 Å². The summed E-state index contributed by atoms with van der Waals surface area (Å²) in [6.45, 7) is 0. The molecule has 0 heterocycles. The number of halogens is 1. The predicted octanol–water partition coefficient (Wildman–Crippen LogP) is 3.18. The van der Waals surface area contributed by atoms with Gasteiger partial charge in [0.2, 0.25) is 0 Å². The van der Waals surface area contributed by atoms with E-state index in [0.717, 1.165) is 6.08 Å². The van der Waals surface area contributed by atoms with E-state index >= 15 is 0 Å². The molecule has 2 aromatic rings. The number of carboxylic acid groups (broad SMARTS) is 1. The average Bonchev–Trinajstić information content (AvgIpc) is 2.47. The molecule has 0 saturated heterocycles. The lowest BCUT2D eigenvalue weighted by Crippen LogP contribution is -2.11. The van der Waals surface area contributed by atoms with Gasteiger partial charge in [-0.1, -0.05) is 12.1 Å². The maximum atomic E-state index is 12.8. The Morgan fingerprint density at radius 2 is 1.62 bits per heavy atom. The molecule has 21 heavy (non-hydrogen) atoms. The highest BCUT2D eigenvalue weighted by Crippen LogP contribution is 2.13. The van der Waals surface area contributed by atoms with Gasteiger partial charge in [0.05, 0.1) is 0 Å². The number of carbonyl (C=O) groups excluding carboxylic acids is 1. The number of amides is 1. The maximum Gasteiger partial charge on any atom is 0.328 e. The largest absolute Gasteiger partial charge is 0.478 e. The van der Waals surface area contributed by atoms with Crippen molar-refractivity contribution in [1.82, 2.24) is 0 Å². The molecule has 0 radical (unpaired) electrons. The molecule has 0 aromatic heterocycles. The summed E-state index contributed by atoms with van der Waals surface area (Å²) < 4.78 is 12.8. The van der Waals surface area contributed by atoms with Crippen LogP contribution in [0.3, 0.4) is 0 Å². The Balaban J connectivity index is 2.04. The van der Waals surface area contributed by atoms with Crippen molar-refractivity contribution < 1.29 is 19.1 Å². The van der Waals surface area contributed by atoms with Gasteiger partial charge in [-0.3, -0.25) is 4.79 Å². The Kier molecular flexibility index (Phi) is 4.46. The smallest absolute Gasteiger partial charge is 0.328 e. The van der Waals surface area contributed by atoms with Gasteiger partial charge in [0.25, 0.3) is 5.91 Å². The molecule has 1 amide bonds. The molecule has 0 aliphatic rings. The zero-order chi connectivity index (χ0) is 15.2. The minimum absolute atomic E-state index is 0.344. The zero-order valence-electron chi connectivity index (χ0n) is 10.9. The Bertz CT molecular complexity index is 676. The highest BCUT2D eigenvalue weighted by Gasteiger charge is 2.05. The lowest BCUT2D eigenvalue weighted by molar-refractivity contribution is -0.131. The van der Waals surface area contributed by atoms with Gasteiger partial charge in [-0.25, -0.2) is 9.18 Å². The van der Waals surface area contributed by atoms with Crippen LogP contribution < -0.4 is 5.32 Å². The molecule has 2 N–H and O–H groups in total. The standard InChI is InChI=1S/C16H12FNO3/c17-13-6-4-12(5-7-13)16(21)18-14-8-1-11(2-9-14)3-10-15(19)20/h1-10H,(H,18,21)(H,19,20). The molecule has 2 rings (SSSR count). The second-order valence-corrected chi connectivity index (χ2v) is 4.25. The second-order valence-electron chi connectivity index (χ2n) is 4.25. The highest BCUT2D eigenvalue weighted by atomic mass is 19.1. The monoisotopic (exact) mass is 285 g/mol. The van der Waals surface area contributed by atoms with Gasteiger partial charge in [-0.2, -0.15) is 0 Å². The fourth-order valence-electron chi connectivity index (χ4n) is 1.65. The molecule has 0 spiro atoms. The summed E-state index contributed by atoms with van der Waals surface area (Å²) in [6.07, 6.45) is 2.49. The van der Waals surface area contributed by atoms with E-state index in [2.05, 4.69) is 5.32 Å². The van der Waals surface area contributed by atoms with Crippen LogP contribution in [0, 0.1) is 5.82 Å². The number of nitrogens with one attached hydrogen (secondary N) is 1. The first-order valence-electron chi connectivity index (χ1n) is 6.12. The maximum absolute atomic E-state index is 12.8. The van der Waals surface area contributed by atoms with Crippen LogP contribution in [0.25, 0.3) is 6.08 Å². The minimum atomic E-state index is -1.02. The number of benzene rings is 2. The minimum Gasteiger partial charge on any atom is -0.478 e. The molecule has 0 bridgehead atoms. The lowest BCUT2D eigenvalue weighted by atomic mass is 10.1. The number of rotatable bonds is 4. The van der Waals surface area contributed by atoms with Crippen LogP contribution in [0.1, 0.15) is 15.9 Å². The molecule has 0 aliphatic heterocycles. The predicted molar refractivity (Wildman–Crippen MR) is 77.5 cm³/mol. The van der Waals surface area contributed by atoms with E-state index < -0.39 is 11.8 Å². The number of aliphatic carboxylic acids is 1. The molecular formula is C16H12FNO3. The first kappa shape index (κ1) is 14.5. The molecular weight excluding hydrogens is 273 g/mol. The van der Waals surface area contributed by atoms with Crippen molar-refractivity contribution in [2.24, 2.45) is 0 Å². The molecule has 106 valence electrons. The van der Waals surface area contributed by atoms with Gasteiger partial charge in [0.15, 0.2) is 0 Å². The Labute approximate surface area is 120 Å². The third-order valence-electron chi connectivity index (χ3n) is 2.69. The number of carboxylic acids is 1. The number of hydrogen-bond acceptors (Lipinski definition) is 2. The highest BCUT2D eigenvalue weighted by molar-refractivity contribution is 6.04. The third kappa shape index (κ3) is 4.28. The quantitative estimate of drug-likeness (QED) is 0.848. The van der Waals surface area contributed by atoms with E-state index in [-0.39, 0.29) is 5.91 Å². The van der Waals surface area contributed by atoms with Crippen molar-refractivity contribution in [3.8, 4) is 0 Å². The van der Waals surface area contributed by atoms with Gasteiger partial charge in [0.1, 0.15) is 5.82 Å². The van der Waals surface area contributed by atoms with E-state index in [1.807, 2.05) is 0 Å². The van der Waals surface area contributed by atoms with Crippen molar-refractivity contribution in [2.45, 2.75) is 0 Å². The lowest BCUT2D eigenvalue weighted by Gasteiger charge is -2.05. The SMILES string of the molecule is O=C(O)C=Cc1ccc(NC(=O)c2ccc(F)cc2)cc1. The van der Waals surface area contributed by atoms with Crippen molar-refractivity contribution in [3.05, 3.63) is 71.6 Å². The zero-order valence-corrected chi connectivity index (χ0v) is 10.9. The van der Waals surface area contributed by atoms with E-state index in [0.29, 0.717) is 16.8 Å². The van der Waals surface area contributed by atoms with E-state index in [4.69, 9.17) is 5.11 Å². The molecule has 2 aromatic carbocycles. The number of carbonyl (C=O) groups is 2. The molecule has 4 nitrogen and oxygen atoms in total. The summed E-state index contributed by atoms with van der Waals surface area (Å²) in [5.74, 6) is -1.77. The van der Waals surface area contributed by atoms with Crippen LogP contribution in [0.4, 0.5) is 10.1 Å². The molecule has 0 unspecified atom stereocenters. The van der Waals surface area contributed by atoms with Crippen LogP contribution in [0.2, 0.25) is 0 Å². The first-order valence-corrected chi connectivity index (χ1v) is 6.12. The van der Waals surface area contributed by atoms with Gasteiger partial charge >= 0.3 is 5.97 Å². The van der Waals surface area contributed by atoms with Gasteiger partial charge < -0.3 is 10.4 Å². The van der Waals surface area contributed by atoms with Crippen LogP contribution in [-0.2, 0) is 4.79 Å². The number of hydrogen-bond donors (Lipinski definition) is 2. The third-order valence-corrected chi connectivity index (χ3v) is 2.69. The van der Waals surface area contributed by atoms with Gasteiger partial charge in [0, 0.05) is 17.3 Å². The average molecular weight is 285 g/mol. The van der Waals surface area contributed by atoms with E-state index in [9.17, 15) is 14.0 Å². The Hall–Kier alpha value is -2.95. The summed E-state index contributed by atoms with van der Waals surface area (Å²) >= 11 is 0. The van der Waals surface area contributed by atoms with Crippen molar-refractivity contribution in [2.75, 3.05) is 5.32 Å². The Morgan fingerprint density at radius 3 is 2.19 bits per heavy atom. The van der Waals surface area contributed by atoms with E-state index in [1.165, 1.54) is 30.3 Å². The Morgan fingerprint density at radius 1 is 1.00 bits per heavy atom. The topological polar surface area (TPSA) is 66.4 Å². The van der Waals surface area contributed by atoms with E-state index in [1.54, 1.807) is 24.3 Å². The number of anilines is 1. The summed E-state index contributed by atoms with van der Waals surface area (Å²) in [5.41, 5.74) is 1.63. The van der Waals surface area contributed by atoms with Gasteiger partial charge in [-0.05, 0) is 48.0 Å². The first-order chi connectivity index (χ1) is 10.0. The molecule has 0 atom stereocenters. The summed E-state index contributed by atoms with van der Waals surface area (Å²) in [5, 5.41) is 11.2. The summed E-state index contributed by atoms with van der Waals surface area (Å²) in [7, 11) is 0. The molecule has 0 fully saturated rings. The molecule has 0 aliphatic carbocycles. The van der Waals surface area contributed by atoms with Crippen molar-refractivity contribution in [3.63, 3.8) is 0 Å². The summed E-state index contributed by atoms with van der Waals surface area (Å²) in [6, 6.07) is 11.9. The van der Waals surface area contributed by atoms with Crippen LogP contribution in [0.5, 0.6) is 0 Å². The molecule has 0 saturated carbocycles. The normalized spacial score (nSPS) is 10.5. The van der Waals surface area contributed by atoms with Gasteiger partial charge in [-0.15, -0.1) is 0 Å². The van der Waals surface area contributed by atoms with Crippen LogP contribution >= 0.6 is 0 Å². The second kappa shape index (κ2) is 6.47. The van der Waals surface area contributed by atoms with Crippen LogP contribution in [-0.4, -0.2) is 17.0 Å². The van der Waals surface area contributed by atoms with Crippen molar-refractivity contribution in [1.29, 1.82) is 0 Å². The summed E-state index contributed by atoms with van der Waals surface area (Å²) in [4.78, 5) is 22.3.